The average molecular weight is 335 g/mol. The largest absolute Gasteiger partial charge is 0.401 e. The molecule has 134 valence electrons. The summed E-state index contributed by atoms with van der Waals surface area (Å²) in [7, 11) is 0. The molecule has 0 spiro atoms. The maximum absolute atomic E-state index is 12.4. The zero-order valence-electron chi connectivity index (χ0n) is 13.9. The summed E-state index contributed by atoms with van der Waals surface area (Å²) in [5, 5.41) is 3.32. The van der Waals surface area contributed by atoms with E-state index in [0.717, 1.165) is 25.9 Å². The van der Waals surface area contributed by atoms with Crippen LogP contribution in [0.25, 0.3) is 0 Å². The van der Waals surface area contributed by atoms with Crippen LogP contribution < -0.4 is 5.32 Å². The fourth-order valence-corrected chi connectivity index (χ4v) is 3.54. The minimum Gasteiger partial charge on any atom is -0.343 e. The van der Waals surface area contributed by atoms with Gasteiger partial charge in [-0.1, -0.05) is 12.8 Å². The summed E-state index contributed by atoms with van der Waals surface area (Å²) >= 11 is 0. The van der Waals surface area contributed by atoms with Crippen molar-refractivity contribution in [2.24, 2.45) is 0 Å². The Bertz CT molecular complexity index is 381. The minimum atomic E-state index is -4.14. The van der Waals surface area contributed by atoms with Gasteiger partial charge in [-0.05, 0) is 26.2 Å². The lowest BCUT2D eigenvalue weighted by Crippen LogP contribution is -2.43. The van der Waals surface area contributed by atoms with Gasteiger partial charge in [0, 0.05) is 44.7 Å². The van der Waals surface area contributed by atoms with Gasteiger partial charge in [0.25, 0.3) is 0 Å². The van der Waals surface area contributed by atoms with E-state index in [1.54, 1.807) is 0 Å². The normalized spacial score (nSPS) is 25.4. The van der Waals surface area contributed by atoms with E-state index >= 15 is 0 Å². The SMILES string of the molecule is CC(CC(=O)N1CCCCCC1)NC1CCN(CC(F)(F)F)C1. The molecule has 1 N–H and O–H groups in total. The molecule has 0 bridgehead atoms. The van der Waals surface area contributed by atoms with Crippen LogP contribution in [0, 0.1) is 0 Å². The van der Waals surface area contributed by atoms with Crippen molar-refractivity contribution in [1.82, 2.24) is 15.1 Å². The van der Waals surface area contributed by atoms with Crippen LogP contribution in [-0.2, 0) is 4.79 Å². The van der Waals surface area contributed by atoms with E-state index in [0.29, 0.717) is 25.9 Å². The first-order chi connectivity index (χ1) is 10.8. The van der Waals surface area contributed by atoms with Crippen LogP contribution in [0.4, 0.5) is 13.2 Å². The molecule has 0 aliphatic carbocycles. The summed E-state index contributed by atoms with van der Waals surface area (Å²) in [5.74, 6) is 0.164. The smallest absolute Gasteiger partial charge is 0.343 e. The summed E-state index contributed by atoms with van der Waals surface area (Å²) in [6.07, 6.45) is 1.52. The van der Waals surface area contributed by atoms with Gasteiger partial charge in [0.2, 0.25) is 5.91 Å². The highest BCUT2D eigenvalue weighted by atomic mass is 19.4. The van der Waals surface area contributed by atoms with Gasteiger partial charge in [-0.2, -0.15) is 13.2 Å². The molecule has 7 heteroatoms. The third-order valence-corrected chi connectivity index (χ3v) is 4.64. The van der Waals surface area contributed by atoms with Crippen LogP contribution in [0.2, 0.25) is 0 Å². The highest BCUT2D eigenvalue weighted by Gasteiger charge is 2.34. The van der Waals surface area contributed by atoms with Gasteiger partial charge >= 0.3 is 6.18 Å². The number of carbonyl (C=O) groups excluding carboxylic acids is 1. The van der Waals surface area contributed by atoms with Gasteiger partial charge in [0.05, 0.1) is 6.54 Å². The lowest BCUT2D eigenvalue weighted by atomic mass is 10.1. The Morgan fingerprint density at radius 2 is 1.83 bits per heavy atom. The molecule has 0 aromatic heterocycles. The zero-order chi connectivity index (χ0) is 16.9. The molecule has 2 fully saturated rings. The van der Waals surface area contributed by atoms with Crippen molar-refractivity contribution in [3.05, 3.63) is 0 Å². The molecule has 2 heterocycles. The molecule has 0 aromatic carbocycles. The van der Waals surface area contributed by atoms with E-state index < -0.39 is 12.7 Å². The molecule has 23 heavy (non-hydrogen) atoms. The first-order valence-electron chi connectivity index (χ1n) is 8.66. The first-order valence-corrected chi connectivity index (χ1v) is 8.66. The molecule has 1 amide bonds. The van der Waals surface area contributed by atoms with Gasteiger partial charge in [-0.3, -0.25) is 9.69 Å². The third kappa shape index (κ3) is 6.67. The topological polar surface area (TPSA) is 35.6 Å². The second-order valence-corrected chi connectivity index (χ2v) is 6.90. The van der Waals surface area contributed by atoms with E-state index in [1.807, 2.05) is 11.8 Å². The van der Waals surface area contributed by atoms with Gasteiger partial charge in [0.15, 0.2) is 0 Å². The number of likely N-dealkylation sites (tertiary alicyclic amines) is 2. The van der Waals surface area contributed by atoms with Gasteiger partial charge in [-0.25, -0.2) is 0 Å². The Labute approximate surface area is 136 Å². The summed E-state index contributed by atoms with van der Waals surface area (Å²) < 4.78 is 37.2. The molecular weight excluding hydrogens is 307 g/mol. The number of amides is 1. The Morgan fingerprint density at radius 3 is 2.43 bits per heavy atom. The second kappa shape index (κ2) is 8.33. The van der Waals surface area contributed by atoms with Crippen molar-refractivity contribution in [1.29, 1.82) is 0 Å². The molecule has 2 atom stereocenters. The van der Waals surface area contributed by atoms with Gasteiger partial charge < -0.3 is 10.2 Å². The molecule has 2 saturated heterocycles. The predicted octanol–water partition coefficient (Wildman–Crippen LogP) is 2.39. The van der Waals surface area contributed by atoms with Crippen molar-refractivity contribution >= 4 is 5.91 Å². The molecule has 2 aliphatic heterocycles. The van der Waals surface area contributed by atoms with Crippen molar-refractivity contribution in [3.8, 4) is 0 Å². The zero-order valence-corrected chi connectivity index (χ0v) is 13.9. The number of carbonyl (C=O) groups is 1. The van der Waals surface area contributed by atoms with E-state index in [1.165, 1.54) is 17.7 Å². The summed E-state index contributed by atoms with van der Waals surface area (Å²) in [5.41, 5.74) is 0. The Kier molecular flexibility index (Phi) is 6.71. The Morgan fingerprint density at radius 1 is 1.17 bits per heavy atom. The predicted molar refractivity (Wildman–Crippen MR) is 83.2 cm³/mol. The van der Waals surface area contributed by atoms with Crippen LogP contribution in [-0.4, -0.2) is 66.7 Å². The van der Waals surface area contributed by atoms with E-state index in [-0.39, 0.29) is 18.0 Å². The Hall–Kier alpha value is -0.820. The second-order valence-electron chi connectivity index (χ2n) is 6.90. The average Bonchev–Trinajstić information content (AvgIpc) is 2.71. The summed E-state index contributed by atoms with van der Waals surface area (Å²) in [4.78, 5) is 15.7. The molecule has 2 rings (SSSR count). The molecule has 4 nitrogen and oxygen atoms in total. The molecular formula is C16H28F3N3O. The highest BCUT2D eigenvalue weighted by molar-refractivity contribution is 5.76. The minimum absolute atomic E-state index is 0.00147. The van der Waals surface area contributed by atoms with E-state index in [9.17, 15) is 18.0 Å². The number of rotatable bonds is 5. The monoisotopic (exact) mass is 335 g/mol. The van der Waals surface area contributed by atoms with Crippen LogP contribution in [0.1, 0.15) is 45.4 Å². The quantitative estimate of drug-likeness (QED) is 0.838. The van der Waals surface area contributed by atoms with Crippen molar-refractivity contribution in [3.63, 3.8) is 0 Å². The van der Waals surface area contributed by atoms with E-state index in [4.69, 9.17) is 0 Å². The molecule has 0 radical (unpaired) electrons. The number of hydrogen-bond acceptors (Lipinski definition) is 3. The molecule has 0 aromatic rings. The standard InChI is InChI=1S/C16H28F3N3O/c1-13(10-15(23)22-7-4-2-3-5-8-22)20-14-6-9-21(11-14)12-16(17,18)19/h13-14,20H,2-12H2,1H3. The fraction of sp³-hybridized carbons (Fsp3) is 0.938. The van der Waals surface area contributed by atoms with Crippen LogP contribution in [0.3, 0.4) is 0 Å². The van der Waals surface area contributed by atoms with Crippen LogP contribution in [0.15, 0.2) is 0 Å². The third-order valence-electron chi connectivity index (χ3n) is 4.64. The molecule has 2 aliphatic rings. The van der Waals surface area contributed by atoms with Crippen molar-refractivity contribution in [2.45, 2.75) is 63.7 Å². The number of nitrogens with zero attached hydrogens (tertiary/aromatic N) is 2. The van der Waals surface area contributed by atoms with Gasteiger partial charge in [-0.15, -0.1) is 0 Å². The lowest BCUT2D eigenvalue weighted by Gasteiger charge is -2.25. The van der Waals surface area contributed by atoms with Crippen molar-refractivity contribution < 1.29 is 18.0 Å². The van der Waals surface area contributed by atoms with Crippen molar-refractivity contribution in [2.75, 3.05) is 32.7 Å². The Balaban J connectivity index is 1.70. The first kappa shape index (κ1) is 18.5. The summed E-state index contributed by atoms with van der Waals surface area (Å²) in [6.45, 7) is 3.66. The number of alkyl halides is 3. The maximum atomic E-state index is 12.4. The lowest BCUT2D eigenvalue weighted by molar-refractivity contribution is -0.143. The maximum Gasteiger partial charge on any atom is 0.401 e. The summed E-state index contributed by atoms with van der Waals surface area (Å²) in [6, 6.07) is 0.0471. The van der Waals surface area contributed by atoms with Crippen LogP contribution >= 0.6 is 0 Å². The fourth-order valence-electron chi connectivity index (χ4n) is 3.54. The molecule has 2 unspecified atom stereocenters. The highest BCUT2D eigenvalue weighted by Crippen LogP contribution is 2.20. The van der Waals surface area contributed by atoms with Gasteiger partial charge in [0.1, 0.15) is 0 Å². The number of nitrogens with one attached hydrogen (secondary N) is 1. The molecule has 0 saturated carbocycles. The van der Waals surface area contributed by atoms with Crippen LogP contribution in [0.5, 0.6) is 0 Å². The van der Waals surface area contributed by atoms with E-state index in [2.05, 4.69) is 5.32 Å². The number of hydrogen-bond donors (Lipinski definition) is 1. The number of halogens is 3.